The van der Waals surface area contributed by atoms with Gasteiger partial charge in [0, 0.05) is 60.8 Å². The summed E-state index contributed by atoms with van der Waals surface area (Å²) in [5.74, 6) is -0.250. The molecule has 0 radical (unpaired) electrons. The molecule has 2 aliphatic rings. The third-order valence-electron chi connectivity index (χ3n) is 6.14. The Morgan fingerprint density at radius 1 is 1.20 bits per heavy atom. The van der Waals surface area contributed by atoms with Crippen LogP contribution < -0.4 is 4.74 Å². The van der Waals surface area contributed by atoms with E-state index in [0.29, 0.717) is 29.5 Å². The second-order valence-electron chi connectivity index (χ2n) is 7.96. The Hall–Kier alpha value is -1.70. The smallest absolute Gasteiger partial charge is 0.273 e. The fourth-order valence-corrected chi connectivity index (χ4v) is 5.22. The van der Waals surface area contributed by atoms with E-state index in [1.54, 1.807) is 18.3 Å². The summed E-state index contributed by atoms with van der Waals surface area (Å²) in [6.45, 7) is 3.59. The zero-order valence-electron chi connectivity index (χ0n) is 16.9. The molecule has 2 saturated heterocycles. The SMILES string of the molecule is O=C(CCc1c(F)cccc1Cl)N1CCC(N2CCC(Oc3nccs3)CC2)CC1. The highest BCUT2D eigenvalue weighted by molar-refractivity contribution is 7.11. The van der Waals surface area contributed by atoms with Gasteiger partial charge in [0.05, 0.1) is 0 Å². The number of hydrogen-bond donors (Lipinski definition) is 0. The molecule has 1 aromatic heterocycles. The summed E-state index contributed by atoms with van der Waals surface area (Å²) in [7, 11) is 0. The van der Waals surface area contributed by atoms with Crippen molar-refractivity contribution in [2.45, 2.75) is 50.7 Å². The fourth-order valence-electron chi connectivity index (χ4n) is 4.41. The number of amides is 1. The second kappa shape index (κ2) is 10.1. The van der Waals surface area contributed by atoms with Gasteiger partial charge in [0.25, 0.3) is 5.19 Å². The molecule has 8 heteroatoms. The van der Waals surface area contributed by atoms with Gasteiger partial charge >= 0.3 is 0 Å². The van der Waals surface area contributed by atoms with Crippen molar-refractivity contribution in [2.24, 2.45) is 0 Å². The first-order valence-corrected chi connectivity index (χ1v) is 11.9. The van der Waals surface area contributed by atoms with E-state index in [9.17, 15) is 9.18 Å². The number of halogens is 2. The molecule has 0 bridgehead atoms. The van der Waals surface area contributed by atoms with E-state index < -0.39 is 0 Å². The standard InChI is InChI=1S/C22H27ClFN3O2S/c23-19-2-1-3-20(24)18(19)4-5-21(28)27-11-6-16(7-12-27)26-13-8-17(9-14-26)29-22-25-10-15-30-22/h1-3,10,15-17H,4-9,11-14H2. The van der Waals surface area contributed by atoms with Crippen LogP contribution in [0.5, 0.6) is 5.19 Å². The van der Waals surface area contributed by atoms with Crippen LogP contribution in [0.3, 0.4) is 0 Å². The topological polar surface area (TPSA) is 45.7 Å². The van der Waals surface area contributed by atoms with Crippen molar-refractivity contribution in [3.63, 3.8) is 0 Å². The van der Waals surface area contributed by atoms with E-state index in [-0.39, 0.29) is 17.8 Å². The zero-order valence-corrected chi connectivity index (χ0v) is 18.5. The first-order chi connectivity index (χ1) is 14.6. The highest BCUT2D eigenvalue weighted by atomic mass is 35.5. The Morgan fingerprint density at radius 3 is 2.63 bits per heavy atom. The van der Waals surface area contributed by atoms with Gasteiger partial charge in [-0.1, -0.05) is 29.0 Å². The summed E-state index contributed by atoms with van der Waals surface area (Å²) >= 11 is 7.61. The molecule has 2 aromatic rings. The summed E-state index contributed by atoms with van der Waals surface area (Å²) in [6, 6.07) is 5.17. The van der Waals surface area contributed by atoms with Gasteiger partial charge < -0.3 is 9.64 Å². The van der Waals surface area contributed by atoms with Gasteiger partial charge in [-0.05, 0) is 44.2 Å². The predicted molar refractivity (Wildman–Crippen MR) is 117 cm³/mol. The first-order valence-electron chi connectivity index (χ1n) is 10.6. The Bertz CT molecular complexity index is 815. The molecule has 0 spiro atoms. The van der Waals surface area contributed by atoms with Crippen molar-refractivity contribution in [1.29, 1.82) is 0 Å². The van der Waals surface area contributed by atoms with Gasteiger partial charge in [-0.25, -0.2) is 9.37 Å². The number of rotatable bonds is 6. The van der Waals surface area contributed by atoms with Crippen molar-refractivity contribution < 1.29 is 13.9 Å². The number of likely N-dealkylation sites (tertiary alicyclic amines) is 2. The van der Waals surface area contributed by atoms with E-state index in [1.165, 1.54) is 17.4 Å². The van der Waals surface area contributed by atoms with Crippen LogP contribution in [-0.2, 0) is 11.2 Å². The molecular formula is C22H27ClFN3O2S. The molecule has 1 aromatic carbocycles. The normalized spacial score (nSPS) is 19.2. The minimum atomic E-state index is -0.337. The quantitative estimate of drug-likeness (QED) is 0.653. The average Bonchev–Trinajstić information content (AvgIpc) is 3.27. The summed E-state index contributed by atoms with van der Waals surface area (Å²) in [5, 5.41) is 3.09. The number of aromatic nitrogens is 1. The molecule has 162 valence electrons. The zero-order chi connectivity index (χ0) is 20.9. The van der Waals surface area contributed by atoms with Crippen molar-refractivity contribution in [2.75, 3.05) is 26.2 Å². The summed E-state index contributed by atoms with van der Waals surface area (Å²) < 4.78 is 19.9. The van der Waals surface area contributed by atoms with Crippen LogP contribution in [0.1, 0.15) is 37.7 Å². The van der Waals surface area contributed by atoms with E-state index in [1.807, 2.05) is 10.3 Å². The minimum absolute atomic E-state index is 0.0864. The number of benzene rings is 1. The highest BCUT2D eigenvalue weighted by Crippen LogP contribution is 2.26. The third kappa shape index (κ3) is 5.31. The first kappa shape index (κ1) is 21.5. The summed E-state index contributed by atoms with van der Waals surface area (Å²) in [6.07, 6.45) is 6.68. The van der Waals surface area contributed by atoms with Crippen molar-refractivity contribution in [3.8, 4) is 5.19 Å². The molecule has 1 amide bonds. The lowest BCUT2D eigenvalue weighted by molar-refractivity contribution is -0.132. The molecule has 3 heterocycles. The highest BCUT2D eigenvalue weighted by Gasteiger charge is 2.30. The van der Waals surface area contributed by atoms with Gasteiger partial charge in [0.2, 0.25) is 5.91 Å². The summed E-state index contributed by atoms with van der Waals surface area (Å²) in [4.78, 5) is 21.3. The van der Waals surface area contributed by atoms with Crippen LogP contribution in [0.4, 0.5) is 4.39 Å². The lowest BCUT2D eigenvalue weighted by Crippen LogP contribution is -2.50. The molecule has 0 saturated carbocycles. The van der Waals surface area contributed by atoms with Crippen molar-refractivity contribution in [1.82, 2.24) is 14.8 Å². The number of thiazole rings is 1. The van der Waals surface area contributed by atoms with E-state index in [4.69, 9.17) is 16.3 Å². The van der Waals surface area contributed by atoms with Gasteiger partial charge in [-0.15, -0.1) is 0 Å². The Morgan fingerprint density at radius 2 is 1.97 bits per heavy atom. The van der Waals surface area contributed by atoms with Gasteiger partial charge in [0.15, 0.2) is 0 Å². The fraction of sp³-hybridized carbons (Fsp3) is 0.545. The van der Waals surface area contributed by atoms with E-state index in [2.05, 4.69) is 9.88 Å². The van der Waals surface area contributed by atoms with Crippen molar-refractivity contribution in [3.05, 3.63) is 46.2 Å². The largest absolute Gasteiger partial charge is 0.467 e. The molecule has 2 fully saturated rings. The molecule has 2 aliphatic heterocycles. The van der Waals surface area contributed by atoms with Crippen LogP contribution in [0.25, 0.3) is 0 Å². The molecule has 30 heavy (non-hydrogen) atoms. The Kier molecular flexibility index (Phi) is 7.23. The van der Waals surface area contributed by atoms with E-state index in [0.717, 1.165) is 57.1 Å². The number of carbonyl (C=O) groups is 1. The molecule has 5 nitrogen and oxygen atoms in total. The Labute approximate surface area is 185 Å². The molecule has 0 N–H and O–H groups in total. The van der Waals surface area contributed by atoms with Crippen LogP contribution in [0.15, 0.2) is 29.8 Å². The van der Waals surface area contributed by atoms with Crippen molar-refractivity contribution >= 4 is 28.8 Å². The molecule has 0 aliphatic carbocycles. The molecule has 0 unspecified atom stereocenters. The maximum atomic E-state index is 13.9. The van der Waals surface area contributed by atoms with E-state index >= 15 is 0 Å². The minimum Gasteiger partial charge on any atom is -0.467 e. The number of hydrogen-bond acceptors (Lipinski definition) is 5. The molecule has 4 rings (SSSR count). The lowest BCUT2D eigenvalue weighted by atomic mass is 9.98. The monoisotopic (exact) mass is 451 g/mol. The maximum Gasteiger partial charge on any atom is 0.273 e. The molecular weight excluding hydrogens is 425 g/mol. The van der Waals surface area contributed by atoms with Crippen LogP contribution >= 0.6 is 22.9 Å². The summed E-state index contributed by atoms with van der Waals surface area (Å²) in [5.41, 5.74) is 0.435. The molecule has 0 atom stereocenters. The maximum absolute atomic E-state index is 13.9. The average molecular weight is 452 g/mol. The van der Waals surface area contributed by atoms with Crippen LogP contribution in [-0.4, -0.2) is 59.0 Å². The number of carbonyl (C=O) groups excluding carboxylic acids is 1. The lowest BCUT2D eigenvalue weighted by Gasteiger charge is -2.41. The second-order valence-corrected chi connectivity index (χ2v) is 9.23. The van der Waals surface area contributed by atoms with Gasteiger partial charge in [0.1, 0.15) is 11.9 Å². The van der Waals surface area contributed by atoms with Crippen LogP contribution in [0, 0.1) is 5.82 Å². The number of ether oxygens (including phenoxy) is 1. The number of nitrogens with zero attached hydrogens (tertiary/aromatic N) is 3. The number of piperidine rings is 2. The Balaban J connectivity index is 1.19. The van der Waals surface area contributed by atoms with Gasteiger partial charge in [-0.3, -0.25) is 9.69 Å². The van der Waals surface area contributed by atoms with Gasteiger partial charge in [-0.2, -0.15) is 0 Å². The predicted octanol–water partition coefficient (Wildman–Crippen LogP) is 4.40. The van der Waals surface area contributed by atoms with Crippen LogP contribution in [0.2, 0.25) is 5.02 Å². The third-order valence-corrected chi connectivity index (χ3v) is 7.15.